The van der Waals surface area contributed by atoms with Crippen LogP contribution >= 0.6 is 0 Å². The number of benzene rings is 1. The van der Waals surface area contributed by atoms with Gasteiger partial charge in [-0.15, -0.1) is 0 Å². The van der Waals surface area contributed by atoms with Crippen molar-refractivity contribution in [2.45, 2.75) is 32.9 Å². The molecule has 0 aliphatic carbocycles. The lowest BCUT2D eigenvalue weighted by molar-refractivity contribution is 0.140. The fourth-order valence-electron chi connectivity index (χ4n) is 2.83. The maximum absolute atomic E-state index is 2.58. The molecule has 2 rings (SSSR count). The average molecular weight is 218 g/mol. The first kappa shape index (κ1) is 11.5. The Labute approximate surface area is 98.9 Å². The highest BCUT2D eigenvalue weighted by Gasteiger charge is 2.27. The van der Waals surface area contributed by atoms with Crippen LogP contribution in [0.1, 0.15) is 20.8 Å². The zero-order valence-electron chi connectivity index (χ0n) is 10.6. The molecule has 0 radical (unpaired) electrons. The van der Waals surface area contributed by atoms with E-state index in [4.69, 9.17) is 0 Å². The van der Waals surface area contributed by atoms with Gasteiger partial charge in [-0.1, -0.05) is 25.1 Å². The SMILES string of the molecule is CCN1[C@H](C)CN(c2ccccc2)C[C@@H]1C. The van der Waals surface area contributed by atoms with E-state index in [9.17, 15) is 0 Å². The van der Waals surface area contributed by atoms with Crippen molar-refractivity contribution in [1.29, 1.82) is 0 Å². The lowest BCUT2D eigenvalue weighted by Crippen LogP contribution is -2.56. The Morgan fingerprint density at radius 1 is 1.06 bits per heavy atom. The molecule has 0 saturated carbocycles. The largest absolute Gasteiger partial charge is 0.368 e. The summed E-state index contributed by atoms with van der Waals surface area (Å²) in [6.45, 7) is 10.4. The summed E-state index contributed by atoms with van der Waals surface area (Å²) in [5.74, 6) is 0. The zero-order valence-corrected chi connectivity index (χ0v) is 10.6. The molecule has 0 aromatic heterocycles. The number of hydrogen-bond acceptors (Lipinski definition) is 2. The van der Waals surface area contributed by atoms with Gasteiger partial charge in [0, 0.05) is 30.9 Å². The van der Waals surface area contributed by atoms with E-state index < -0.39 is 0 Å². The molecule has 1 heterocycles. The van der Waals surface area contributed by atoms with Gasteiger partial charge in [0.1, 0.15) is 0 Å². The summed E-state index contributed by atoms with van der Waals surface area (Å²) in [4.78, 5) is 5.08. The first-order valence-electron chi connectivity index (χ1n) is 6.28. The van der Waals surface area contributed by atoms with Crippen molar-refractivity contribution < 1.29 is 0 Å². The van der Waals surface area contributed by atoms with E-state index in [1.54, 1.807) is 0 Å². The quantitative estimate of drug-likeness (QED) is 0.753. The van der Waals surface area contributed by atoms with Gasteiger partial charge in [0.05, 0.1) is 0 Å². The molecule has 88 valence electrons. The first-order chi connectivity index (χ1) is 7.72. The van der Waals surface area contributed by atoms with Gasteiger partial charge in [-0.25, -0.2) is 0 Å². The molecule has 16 heavy (non-hydrogen) atoms. The van der Waals surface area contributed by atoms with E-state index in [1.807, 2.05) is 0 Å². The number of hydrogen-bond donors (Lipinski definition) is 0. The molecule has 0 bridgehead atoms. The highest BCUT2D eigenvalue weighted by atomic mass is 15.3. The second-order valence-corrected chi connectivity index (χ2v) is 4.77. The Balaban J connectivity index is 2.10. The van der Waals surface area contributed by atoms with Crippen LogP contribution in [0.4, 0.5) is 5.69 Å². The highest BCUT2D eigenvalue weighted by molar-refractivity contribution is 5.46. The Bertz CT molecular complexity index is 311. The fourth-order valence-corrected chi connectivity index (χ4v) is 2.83. The Hall–Kier alpha value is -1.02. The molecule has 2 atom stereocenters. The van der Waals surface area contributed by atoms with Crippen LogP contribution in [0, 0.1) is 0 Å². The van der Waals surface area contributed by atoms with E-state index >= 15 is 0 Å². The van der Waals surface area contributed by atoms with Gasteiger partial charge in [0.2, 0.25) is 0 Å². The number of piperazine rings is 1. The van der Waals surface area contributed by atoms with Crippen molar-refractivity contribution in [1.82, 2.24) is 4.90 Å². The Morgan fingerprint density at radius 2 is 1.62 bits per heavy atom. The van der Waals surface area contributed by atoms with Crippen LogP contribution in [-0.4, -0.2) is 36.6 Å². The molecule has 0 unspecified atom stereocenters. The molecule has 0 N–H and O–H groups in total. The standard InChI is InChI=1S/C14H22N2/c1-4-16-12(2)10-15(11-13(16)3)14-8-6-5-7-9-14/h5-9,12-13H,4,10-11H2,1-3H3/t12-,13+. The topological polar surface area (TPSA) is 6.48 Å². The summed E-state index contributed by atoms with van der Waals surface area (Å²) in [6, 6.07) is 12.0. The predicted molar refractivity (Wildman–Crippen MR) is 70.0 cm³/mol. The van der Waals surface area contributed by atoms with Gasteiger partial charge < -0.3 is 4.90 Å². The van der Waals surface area contributed by atoms with Crippen LogP contribution in [0.3, 0.4) is 0 Å². The molecule has 0 spiro atoms. The number of nitrogens with zero attached hydrogens (tertiary/aromatic N) is 2. The van der Waals surface area contributed by atoms with E-state index in [0.717, 1.165) is 19.6 Å². The van der Waals surface area contributed by atoms with Crippen molar-refractivity contribution in [2.75, 3.05) is 24.5 Å². The molecule has 1 aliphatic rings. The van der Waals surface area contributed by atoms with E-state index in [1.165, 1.54) is 5.69 Å². The summed E-state index contributed by atoms with van der Waals surface area (Å²) in [5, 5.41) is 0. The third-order valence-electron chi connectivity index (χ3n) is 3.59. The van der Waals surface area contributed by atoms with Crippen LogP contribution in [0.25, 0.3) is 0 Å². The smallest absolute Gasteiger partial charge is 0.0367 e. The van der Waals surface area contributed by atoms with E-state index in [-0.39, 0.29) is 0 Å². The summed E-state index contributed by atoms with van der Waals surface area (Å²) in [7, 11) is 0. The first-order valence-corrected chi connectivity index (χ1v) is 6.28. The zero-order chi connectivity index (χ0) is 11.5. The van der Waals surface area contributed by atoms with E-state index in [0.29, 0.717) is 12.1 Å². The fraction of sp³-hybridized carbons (Fsp3) is 0.571. The number of anilines is 1. The van der Waals surface area contributed by atoms with Crippen molar-refractivity contribution in [3.63, 3.8) is 0 Å². The lowest BCUT2D eigenvalue weighted by atomic mass is 10.1. The molecule has 1 aliphatic heterocycles. The summed E-state index contributed by atoms with van der Waals surface area (Å²) in [6.07, 6.45) is 0. The highest BCUT2D eigenvalue weighted by Crippen LogP contribution is 2.21. The third-order valence-corrected chi connectivity index (χ3v) is 3.59. The second-order valence-electron chi connectivity index (χ2n) is 4.77. The number of likely N-dealkylation sites (N-methyl/N-ethyl adjacent to an activating group) is 1. The molecule has 2 nitrogen and oxygen atoms in total. The van der Waals surface area contributed by atoms with Crippen LogP contribution in [0.5, 0.6) is 0 Å². The minimum Gasteiger partial charge on any atom is -0.368 e. The summed E-state index contributed by atoms with van der Waals surface area (Å²) >= 11 is 0. The van der Waals surface area contributed by atoms with Crippen LogP contribution in [-0.2, 0) is 0 Å². The normalized spacial score (nSPS) is 27.1. The molecule has 1 fully saturated rings. The van der Waals surface area contributed by atoms with Crippen molar-refractivity contribution in [2.24, 2.45) is 0 Å². The molecular weight excluding hydrogens is 196 g/mol. The number of para-hydroxylation sites is 1. The van der Waals surface area contributed by atoms with Crippen molar-refractivity contribution in [3.05, 3.63) is 30.3 Å². The van der Waals surface area contributed by atoms with Crippen molar-refractivity contribution in [3.8, 4) is 0 Å². The number of rotatable bonds is 2. The molecule has 0 amide bonds. The molecule has 1 aromatic carbocycles. The minimum absolute atomic E-state index is 0.647. The average Bonchev–Trinajstić information content (AvgIpc) is 2.30. The Morgan fingerprint density at radius 3 is 2.12 bits per heavy atom. The van der Waals surface area contributed by atoms with Gasteiger partial charge in [0.15, 0.2) is 0 Å². The Kier molecular flexibility index (Phi) is 3.49. The maximum atomic E-state index is 2.58. The lowest BCUT2D eigenvalue weighted by Gasteiger charge is -2.45. The third kappa shape index (κ3) is 2.22. The van der Waals surface area contributed by atoms with Gasteiger partial charge in [0.25, 0.3) is 0 Å². The van der Waals surface area contributed by atoms with Gasteiger partial charge in [-0.05, 0) is 32.5 Å². The van der Waals surface area contributed by atoms with E-state index in [2.05, 4.69) is 60.9 Å². The van der Waals surface area contributed by atoms with Crippen LogP contribution < -0.4 is 4.90 Å². The summed E-state index contributed by atoms with van der Waals surface area (Å²) in [5.41, 5.74) is 1.36. The summed E-state index contributed by atoms with van der Waals surface area (Å²) < 4.78 is 0. The second kappa shape index (κ2) is 4.88. The molecule has 2 heteroatoms. The van der Waals surface area contributed by atoms with Gasteiger partial charge >= 0.3 is 0 Å². The maximum Gasteiger partial charge on any atom is 0.0367 e. The van der Waals surface area contributed by atoms with Gasteiger partial charge in [-0.2, -0.15) is 0 Å². The molecular formula is C14H22N2. The predicted octanol–water partition coefficient (Wildman–Crippen LogP) is 2.61. The minimum atomic E-state index is 0.647. The van der Waals surface area contributed by atoms with Gasteiger partial charge in [-0.3, -0.25) is 4.90 Å². The molecule has 1 aromatic rings. The molecule has 1 saturated heterocycles. The van der Waals surface area contributed by atoms with Crippen molar-refractivity contribution >= 4 is 5.69 Å². The monoisotopic (exact) mass is 218 g/mol. The van der Waals surface area contributed by atoms with Crippen LogP contribution in [0.2, 0.25) is 0 Å². The van der Waals surface area contributed by atoms with Crippen LogP contribution in [0.15, 0.2) is 30.3 Å².